The number of hydrogen-bond donors (Lipinski definition) is 1. The van der Waals surface area contributed by atoms with Crippen LogP contribution in [0.4, 0.5) is 10.2 Å². The summed E-state index contributed by atoms with van der Waals surface area (Å²) >= 11 is 1.68. The van der Waals surface area contributed by atoms with E-state index in [0.717, 1.165) is 12.8 Å². The van der Waals surface area contributed by atoms with E-state index >= 15 is 0 Å². The maximum atomic E-state index is 13.5. The molecular formula is C13H15FN2S. The first-order chi connectivity index (χ1) is 8.31. The van der Waals surface area contributed by atoms with E-state index in [9.17, 15) is 4.39 Å². The summed E-state index contributed by atoms with van der Waals surface area (Å²) in [6, 6.07) is 7.25. The molecule has 1 atom stereocenters. The van der Waals surface area contributed by atoms with Crippen LogP contribution in [0.5, 0.6) is 0 Å². The maximum absolute atomic E-state index is 13.5. The van der Waals surface area contributed by atoms with Crippen molar-refractivity contribution in [2.24, 2.45) is 0 Å². The Labute approximate surface area is 105 Å². The van der Waals surface area contributed by atoms with Gasteiger partial charge in [0.05, 0.1) is 6.04 Å². The molecule has 2 aromatic heterocycles. The predicted molar refractivity (Wildman–Crippen MR) is 69.8 cm³/mol. The SMILES string of the molecule is CCCC(Nc1ncccc1F)c1cccs1. The summed E-state index contributed by atoms with van der Waals surface area (Å²) in [5, 5.41) is 5.21. The lowest BCUT2D eigenvalue weighted by atomic mass is 10.1. The zero-order chi connectivity index (χ0) is 12.1. The highest BCUT2D eigenvalue weighted by atomic mass is 32.1. The molecule has 2 aromatic rings. The van der Waals surface area contributed by atoms with Crippen molar-refractivity contribution in [1.29, 1.82) is 0 Å². The molecule has 2 nitrogen and oxygen atoms in total. The van der Waals surface area contributed by atoms with Crippen LogP contribution in [0.1, 0.15) is 30.7 Å². The maximum Gasteiger partial charge on any atom is 0.165 e. The lowest BCUT2D eigenvalue weighted by molar-refractivity contribution is 0.612. The summed E-state index contributed by atoms with van der Waals surface area (Å²) in [7, 11) is 0. The minimum absolute atomic E-state index is 0.143. The third-order valence-electron chi connectivity index (χ3n) is 2.53. The minimum atomic E-state index is -0.301. The zero-order valence-electron chi connectivity index (χ0n) is 9.69. The molecule has 0 aliphatic carbocycles. The lowest BCUT2D eigenvalue weighted by Crippen LogP contribution is -2.11. The van der Waals surface area contributed by atoms with Gasteiger partial charge in [-0.2, -0.15) is 0 Å². The van der Waals surface area contributed by atoms with Crippen LogP contribution in [-0.2, 0) is 0 Å². The fourth-order valence-electron chi connectivity index (χ4n) is 1.72. The van der Waals surface area contributed by atoms with E-state index in [1.165, 1.54) is 10.9 Å². The molecule has 2 heterocycles. The summed E-state index contributed by atoms with van der Waals surface area (Å²) in [5.41, 5.74) is 0. The van der Waals surface area contributed by atoms with Crippen molar-refractivity contribution in [3.8, 4) is 0 Å². The van der Waals surface area contributed by atoms with E-state index in [1.807, 2.05) is 11.4 Å². The van der Waals surface area contributed by atoms with Gasteiger partial charge in [0.2, 0.25) is 0 Å². The summed E-state index contributed by atoms with van der Waals surface area (Å²) in [6.07, 6.45) is 3.61. The molecule has 0 aliphatic rings. The van der Waals surface area contributed by atoms with Crippen LogP contribution in [0, 0.1) is 5.82 Å². The van der Waals surface area contributed by atoms with E-state index in [0.29, 0.717) is 5.82 Å². The van der Waals surface area contributed by atoms with Gasteiger partial charge in [-0.25, -0.2) is 9.37 Å². The molecule has 0 radical (unpaired) electrons. The van der Waals surface area contributed by atoms with Gasteiger partial charge in [-0.1, -0.05) is 19.4 Å². The molecule has 1 unspecified atom stereocenters. The second-order valence-corrected chi connectivity index (χ2v) is 4.81. The number of pyridine rings is 1. The van der Waals surface area contributed by atoms with Gasteiger partial charge in [0.1, 0.15) is 0 Å². The van der Waals surface area contributed by atoms with Gasteiger partial charge in [-0.05, 0) is 30.0 Å². The van der Waals surface area contributed by atoms with Crippen molar-refractivity contribution in [3.05, 3.63) is 46.5 Å². The van der Waals surface area contributed by atoms with Gasteiger partial charge < -0.3 is 5.32 Å². The molecular weight excluding hydrogens is 235 g/mol. The number of aromatic nitrogens is 1. The Kier molecular flexibility index (Phi) is 4.09. The van der Waals surface area contributed by atoms with Crippen LogP contribution in [-0.4, -0.2) is 4.98 Å². The number of thiophene rings is 1. The third-order valence-corrected chi connectivity index (χ3v) is 3.52. The smallest absolute Gasteiger partial charge is 0.165 e. The Morgan fingerprint density at radius 3 is 2.94 bits per heavy atom. The molecule has 0 bridgehead atoms. The first-order valence-electron chi connectivity index (χ1n) is 5.71. The van der Waals surface area contributed by atoms with E-state index in [2.05, 4.69) is 23.3 Å². The summed E-state index contributed by atoms with van der Waals surface area (Å²) in [4.78, 5) is 5.25. The van der Waals surface area contributed by atoms with Gasteiger partial charge in [0, 0.05) is 11.1 Å². The van der Waals surface area contributed by atoms with Gasteiger partial charge in [0.15, 0.2) is 11.6 Å². The quantitative estimate of drug-likeness (QED) is 0.858. The average molecular weight is 250 g/mol. The Bertz CT molecular complexity index is 456. The summed E-state index contributed by atoms with van der Waals surface area (Å²) in [5.74, 6) is 0.0320. The fraction of sp³-hybridized carbons (Fsp3) is 0.308. The van der Waals surface area contributed by atoms with Crippen LogP contribution >= 0.6 is 11.3 Å². The van der Waals surface area contributed by atoms with E-state index in [4.69, 9.17) is 0 Å². The Hall–Kier alpha value is -1.42. The van der Waals surface area contributed by atoms with Crippen LogP contribution in [0.3, 0.4) is 0 Å². The van der Waals surface area contributed by atoms with Crippen molar-refractivity contribution < 1.29 is 4.39 Å². The highest BCUT2D eigenvalue weighted by Gasteiger charge is 2.13. The Morgan fingerprint density at radius 2 is 2.29 bits per heavy atom. The molecule has 0 spiro atoms. The summed E-state index contributed by atoms with van der Waals surface area (Å²) < 4.78 is 13.5. The normalized spacial score (nSPS) is 12.4. The molecule has 17 heavy (non-hydrogen) atoms. The topological polar surface area (TPSA) is 24.9 Å². The third kappa shape index (κ3) is 3.03. The molecule has 0 saturated heterocycles. The highest BCUT2D eigenvalue weighted by molar-refractivity contribution is 7.10. The highest BCUT2D eigenvalue weighted by Crippen LogP contribution is 2.27. The van der Waals surface area contributed by atoms with E-state index in [-0.39, 0.29) is 11.9 Å². The largest absolute Gasteiger partial charge is 0.360 e. The van der Waals surface area contributed by atoms with Crippen molar-refractivity contribution in [2.75, 3.05) is 5.32 Å². The molecule has 0 aromatic carbocycles. The first kappa shape index (κ1) is 12.0. The van der Waals surface area contributed by atoms with E-state index < -0.39 is 0 Å². The van der Waals surface area contributed by atoms with Crippen LogP contribution in [0.2, 0.25) is 0 Å². The molecule has 0 aliphatic heterocycles. The number of anilines is 1. The van der Waals surface area contributed by atoms with Crippen LogP contribution in [0.15, 0.2) is 35.8 Å². The number of rotatable bonds is 5. The van der Waals surface area contributed by atoms with Crippen molar-refractivity contribution in [1.82, 2.24) is 4.98 Å². The van der Waals surface area contributed by atoms with Crippen molar-refractivity contribution in [2.45, 2.75) is 25.8 Å². The van der Waals surface area contributed by atoms with Gasteiger partial charge in [-0.15, -0.1) is 11.3 Å². The molecule has 0 saturated carbocycles. The molecule has 1 N–H and O–H groups in total. The Balaban J connectivity index is 2.16. The van der Waals surface area contributed by atoms with Crippen molar-refractivity contribution in [3.63, 3.8) is 0 Å². The van der Waals surface area contributed by atoms with E-state index in [1.54, 1.807) is 23.6 Å². The lowest BCUT2D eigenvalue weighted by Gasteiger charge is -2.17. The Morgan fingerprint density at radius 1 is 1.41 bits per heavy atom. The predicted octanol–water partition coefficient (Wildman–Crippen LogP) is 4.24. The molecule has 0 amide bonds. The minimum Gasteiger partial charge on any atom is -0.360 e. The van der Waals surface area contributed by atoms with Gasteiger partial charge >= 0.3 is 0 Å². The number of nitrogens with one attached hydrogen (secondary N) is 1. The van der Waals surface area contributed by atoms with Crippen molar-refractivity contribution >= 4 is 17.2 Å². The average Bonchev–Trinajstić information content (AvgIpc) is 2.85. The molecule has 2 rings (SSSR count). The molecule has 4 heteroatoms. The number of halogens is 1. The second kappa shape index (κ2) is 5.77. The monoisotopic (exact) mass is 250 g/mol. The molecule has 0 fully saturated rings. The zero-order valence-corrected chi connectivity index (χ0v) is 10.5. The van der Waals surface area contributed by atoms with Crippen LogP contribution < -0.4 is 5.32 Å². The van der Waals surface area contributed by atoms with Gasteiger partial charge in [0.25, 0.3) is 0 Å². The number of hydrogen-bond acceptors (Lipinski definition) is 3. The standard InChI is InChI=1S/C13H15FN2S/c1-2-5-11(12-7-4-9-17-12)16-13-10(14)6-3-8-15-13/h3-4,6-9,11H,2,5H2,1H3,(H,15,16). The van der Waals surface area contributed by atoms with Crippen LogP contribution in [0.25, 0.3) is 0 Å². The fourth-order valence-corrected chi connectivity index (χ4v) is 2.53. The second-order valence-electron chi connectivity index (χ2n) is 3.83. The van der Waals surface area contributed by atoms with Gasteiger partial charge in [-0.3, -0.25) is 0 Å². The number of nitrogens with zero attached hydrogens (tertiary/aromatic N) is 1. The first-order valence-corrected chi connectivity index (χ1v) is 6.59. The molecule has 90 valence electrons. The summed E-state index contributed by atoms with van der Waals surface area (Å²) in [6.45, 7) is 2.12.